The third-order valence-corrected chi connectivity index (χ3v) is 3.26. The molecule has 2 rings (SSSR count). The summed E-state index contributed by atoms with van der Waals surface area (Å²) in [5, 5.41) is 0. The first-order valence-corrected chi connectivity index (χ1v) is 6.58. The van der Waals surface area contributed by atoms with E-state index >= 15 is 0 Å². The van der Waals surface area contributed by atoms with Crippen LogP contribution in [0.4, 0.5) is 0 Å². The monoisotopic (exact) mass is 256 g/mol. The lowest BCUT2D eigenvalue weighted by Crippen LogP contribution is -2.25. The Hall–Kier alpha value is -2.03. The zero-order chi connectivity index (χ0) is 13.8. The number of carbonyl (C=O) groups is 3. The molecule has 0 bridgehead atoms. The second kappa shape index (κ2) is 5.74. The SMILES string of the molecule is CCCCCC(=O)C1=Cc2ccccc2C(=O)C1=O. The first-order valence-electron chi connectivity index (χ1n) is 6.58. The zero-order valence-corrected chi connectivity index (χ0v) is 10.9. The minimum Gasteiger partial charge on any atom is -0.294 e. The van der Waals surface area contributed by atoms with Gasteiger partial charge in [-0.1, -0.05) is 44.0 Å². The highest BCUT2D eigenvalue weighted by molar-refractivity contribution is 6.56. The van der Waals surface area contributed by atoms with E-state index in [-0.39, 0.29) is 11.4 Å². The summed E-state index contributed by atoms with van der Waals surface area (Å²) in [4.78, 5) is 35.8. The average molecular weight is 256 g/mol. The molecule has 0 N–H and O–H groups in total. The third-order valence-electron chi connectivity index (χ3n) is 3.26. The van der Waals surface area contributed by atoms with Crippen LogP contribution >= 0.6 is 0 Å². The summed E-state index contributed by atoms with van der Waals surface area (Å²) in [5.74, 6) is -1.46. The van der Waals surface area contributed by atoms with Crippen molar-refractivity contribution in [3.63, 3.8) is 0 Å². The Kier molecular flexibility index (Phi) is 4.05. The summed E-state index contributed by atoms with van der Waals surface area (Å²) in [6.07, 6.45) is 4.61. The lowest BCUT2D eigenvalue weighted by atomic mass is 9.87. The first-order chi connectivity index (χ1) is 9.15. The van der Waals surface area contributed by atoms with Crippen LogP contribution in [0.15, 0.2) is 29.8 Å². The van der Waals surface area contributed by atoms with Crippen molar-refractivity contribution in [1.29, 1.82) is 0 Å². The molecule has 0 unspecified atom stereocenters. The molecule has 0 saturated carbocycles. The molecule has 0 fully saturated rings. The number of hydrogen-bond acceptors (Lipinski definition) is 3. The van der Waals surface area contributed by atoms with Crippen molar-refractivity contribution in [3.05, 3.63) is 41.0 Å². The predicted molar refractivity (Wildman–Crippen MR) is 72.9 cm³/mol. The zero-order valence-electron chi connectivity index (χ0n) is 10.9. The van der Waals surface area contributed by atoms with Crippen molar-refractivity contribution in [3.8, 4) is 0 Å². The Labute approximate surface area is 112 Å². The average Bonchev–Trinajstić information content (AvgIpc) is 2.43. The quantitative estimate of drug-likeness (QED) is 0.462. The summed E-state index contributed by atoms with van der Waals surface area (Å²) in [7, 11) is 0. The number of carbonyl (C=O) groups excluding carboxylic acids is 3. The fourth-order valence-corrected chi connectivity index (χ4v) is 2.17. The van der Waals surface area contributed by atoms with Gasteiger partial charge < -0.3 is 0 Å². The van der Waals surface area contributed by atoms with Crippen molar-refractivity contribution in [2.45, 2.75) is 32.6 Å². The number of allylic oxidation sites excluding steroid dienone is 1. The normalized spacial score (nSPS) is 14.1. The molecular formula is C16H16O3. The lowest BCUT2D eigenvalue weighted by Gasteiger charge is -2.13. The van der Waals surface area contributed by atoms with Crippen LogP contribution < -0.4 is 0 Å². The fraction of sp³-hybridized carbons (Fsp3) is 0.312. The predicted octanol–water partition coefficient (Wildman–Crippen LogP) is 2.98. The number of Topliss-reactive ketones (excluding diaryl/α,β-unsaturated/α-hetero) is 3. The van der Waals surface area contributed by atoms with Gasteiger partial charge in [-0.05, 0) is 18.1 Å². The number of fused-ring (bicyclic) bond motifs is 1. The van der Waals surface area contributed by atoms with Gasteiger partial charge in [-0.15, -0.1) is 0 Å². The number of rotatable bonds is 5. The Morgan fingerprint density at radius 3 is 2.53 bits per heavy atom. The molecule has 1 aromatic rings. The van der Waals surface area contributed by atoms with Gasteiger partial charge in [0.05, 0.1) is 5.57 Å². The van der Waals surface area contributed by atoms with Gasteiger partial charge in [-0.3, -0.25) is 14.4 Å². The molecule has 1 aliphatic rings. The van der Waals surface area contributed by atoms with Crippen LogP contribution in [0.25, 0.3) is 6.08 Å². The minimum absolute atomic E-state index is 0.0415. The Morgan fingerprint density at radius 2 is 1.79 bits per heavy atom. The highest BCUT2D eigenvalue weighted by Gasteiger charge is 2.30. The van der Waals surface area contributed by atoms with Crippen LogP contribution in [0, 0.1) is 0 Å². The number of unbranched alkanes of at least 4 members (excludes halogenated alkanes) is 2. The van der Waals surface area contributed by atoms with Crippen LogP contribution in [0.3, 0.4) is 0 Å². The van der Waals surface area contributed by atoms with Crippen LogP contribution in [0.5, 0.6) is 0 Å². The highest BCUT2D eigenvalue weighted by atomic mass is 16.2. The van der Waals surface area contributed by atoms with E-state index in [4.69, 9.17) is 0 Å². The molecule has 0 aliphatic heterocycles. The Bertz CT molecular complexity index is 567. The van der Waals surface area contributed by atoms with E-state index in [0.717, 1.165) is 19.3 Å². The Morgan fingerprint density at radius 1 is 1.05 bits per heavy atom. The molecular weight excluding hydrogens is 240 g/mol. The smallest absolute Gasteiger partial charge is 0.237 e. The van der Waals surface area contributed by atoms with Gasteiger partial charge in [0.2, 0.25) is 11.6 Å². The maximum Gasteiger partial charge on any atom is 0.237 e. The van der Waals surface area contributed by atoms with Crippen molar-refractivity contribution in [2.24, 2.45) is 0 Å². The summed E-state index contributed by atoms with van der Waals surface area (Å²) >= 11 is 0. The van der Waals surface area contributed by atoms with Gasteiger partial charge in [0.25, 0.3) is 0 Å². The van der Waals surface area contributed by atoms with Gasteiger partial charge >= 0.3 is 0 Å². The van der Waals surface area contributed by atoms with Crippen LogP contribution in [-0.2, 0) is 9.59 Å². The van der Waals surface area contributed by atoms with E-state index in [1.54, 1.807) is 30.3 Å². The maximum absolute atomic E-state index is 12.0. The second-order valence-corrected chi connectivity index (χ2v) is 4.68. The summed E-state index contributed by atoms with van der Waals surface area (Å²) in [5.41, 5.74) is 1.09. The Balaban J connectivity index is 2.26. The molecule has 98 valence electrons. The second-order valence-electron chi connectivity index (χ2n) is 4.68. The van der Waals surface area contributed by atoms with Gasteiger partial charge in [0.1, 0.15) is 0 Å². The summed E-state index contributed by atoms with van der Waals surface area (Å²) < 4.78 is 0. The van der Waals surface area contributed by atoms with E-state index in [0.29, 0.717) is 17.5 Å². The number of ketones is 3. The van der Waals surface area contributed by atoms with E-state index in [9.17, 15) is 14.4 Å². The van der Waals surface area contributed by atoms with Gasteiger partial charge in [0, 0.05) is 12.0 Å². The molecule has 0 heterocycles. The first kappa shape index (κ1) is 13.4. The van der Waals surface area contributed by atoms with E-state index < -0.39 is 11.6 Å². The van der Waals surface area contributed by atoms with Crippen molar-refractivity contribution < 1.29 is 14.4 Å². The fourth-order valence-electron chi connectivity index (χ4n) is 2.17. The van der Waals surface area contributed by atoms with E-state index in [1.807, 2.05) is 0 Å². The van der Waals surface area contributed by atoms with Crippen molar-refractivity contribution in [1.82, 2.24) is 0 Å². The van der Waals surface area contributed by atoms with E-state index in [1.165, 1.54) is 0 Å². The largest absolute Gasteiger partial charge is 0.294 e. The molecule has 3 heteroatoms. The molecule has 3 nitrogen and oxygen atoms in total. The lowest BCUT2D eigenvalue weighted by molar-refractivity contribution is -0.119. The molecule has 0 spiro atoms. The summed E-state index contributed by atoms with van der Waals surface area (Å²) in [6.45, 7) is 2.05. The van der Waals surface area contributed by atoms with Crippen LogP contribution in [0.2, 0.25) is 0 Å². The third kappa shape index (κ3) is 2.70. The topological polar surface area (TPSA) is 51.2 Å². The van der Waals surface area contributed by atoms with E-state index in [2.05, 4.69) is 6.92 Å². The molecule has 0 saturated heterocycles. The van der Waals surface area contributed by atoms with Gasteiger partial charge in [-0.2, -0.15) is 0 Å². The molecule has 0 aromatic heterocycles. The molecule has 0 radical (unpaired) electrons. The number of hydrogen-bond donors (Lipinski definition) is 0. The van der Waals surface area contributed by atoms with Crippen LogP contribution in [0.1, 0.15) is 48.5 Å². The summed E-state index contributed by atoms with van der Waals surface area (Å²) in [6, 6.07) is 6.87. The number of benzene rings is 1. The molecule has 1 aromatic carbocycles. The van der Waals surface area contributed by atoms with Crippen molar-refractivity contribution in [2.75, 3.05) is 0 Å². The highest BCUT2D eigenvalue weighted by Crippen LogP contribution is 2.23. The minimum atomic E-state index is -0.666. The molecule has 1 aliphatic carbocycles. The maximum atomic E-state index is 12.0. The van der Waals surface area contributed by atoms with Crippen molar-refractivity contribution >= 4 is 23.4 Å². The standard InChI is InChI=1S/C16H16O3/c1-2-3-4-9-14(17)13-10-11-7-5-6-8-12(11)15(18)16(13)19/h5-8,10H,2-4,9H2,1H3. The molecule has 0 amide bonds. The molecule has 19 heavy (non-hydrogen) atoms. The van der Waals surface area contributed by atoms with Gasteiger partial charge in [-0.25, -0.2) is 0 Å². The molecule has 0 atom stereocenters. The van der Waals surface area contributed by atoms with Crippen LogP contribution in [-0.4, -0.2) is 17.3 Å². The van der Waals surface area contributed by atoms with Gasteiger partial charge in [0.15, 0.2) is 5.78 Å².